The summed E-state index contributed by atoms with van der Waals surface area (Å²) in [5, 5.41) is 2.90. The highest BCUT2D eigenvalue weighted by atomic mass is 79.9. The van der Waals surface area contributed by atoms with Gasteiger partial charge in [0.1, 0.15) is 12.6 Å². The molecule has 1 atom stereocenters. The average molecular weight is 601 g/mol. The van der Waals surface area contributed by atoms with Gasteiger partial charge in [0.05, 0.1) is 10.6 Å². The summed E-state index contributed by atoms with van der Waals surface area (Å²) in [5.41, 5.74) is 2.22. The van der Waals surface area contributed by atoms with Crippen molar-refractivity contribution in [3.05, 3.63) is 94.5 Å². The van der Waals surface area contributed by atoms with Crippen LogP contribution in [0.25, 0.3) is 0 Å². The number of nitrogens with zero attached hydrogens (tertiary/aromatic N) is 2. The lowest BCUT2D eigenvalue weighted by molar-refractivity contribution is -0.140. The Labute approximate surface area is 234 Å². The average Bonchev–Trinajstić information content (AvgIpc) is 2.91. The Balaban J connectivity index is 2.05. The molecular formula is C29H34BrN3O4S. The van der Waals surface area contributed by atoms with Crippen LogP contribution in [-0.4, -0.2) is 44.3 Å². The molecule has 0 radical (unpaired) electrons. The summed E-state index contributed by atoms with van der Waals surface area (Å²) < 4.78 is 29.4. The van der Waals surface area contributed by atoms with Gasteiger partial charge in [-0.1, -0.05) is 78.3 Å². The van der Waals surface area contributed by atoms with Gasteiger partial charge in [0.25, 0.3) is 10.0 Å². The molecule has 1 unspecified atom stereocenters. The maximum absolute atomic E-state index is 14.0. The van der Waals surface area contributed by atoms with Gasteiger partial charge >= 0.3 is 0 Å². The van der Waals surface area contributed by atoms with Crippen LogP contribution in [0.15, 0.2) is 88.2 Å². The molecule has 0 aromatic heterocycles. The summed E-state index contributed by atoms with van der Waals surface area (Å²) in [6, 6.07) is 21.7. The first kappa shape index (κ1) is 29.4. The first-order chi connectivity index (χ1) is 18.2. The second kappa shape index (κ2) is 13.6. The van der Waals surface area contributed by atoms with E-state index in [0.29, 0.717) is 23.1 Å². The first-order valence-corrected chi connectivity index (χ1v) is 14.9. The molecule has 3 rings (SSSR count). The minimum absolute atomic E-state index is 0.0750. The second-order valence-corrected chi connectivity index (χ2v) is 11.7. The van der Waals surface area contributed by atoms with Crippen LogP contribution in [0.3, 0.4) is 0 Å². The number of benzene rings is 3. The lowest BCUT2D eigenvalue weighted by Crippen LogP contribution is -2.52. The summed E-state index contributed by atoms with van der Waals surface area (Å²) >= 11 is 3.41. The molecule has 38 heavy (non-hydrogen) atoms. The van der Waals surface area contributed by atoms with Gasteiger partial charge in [-0.05, 0) is 61.2 Å². The molecule has 1 N–H and O–H groups in total. The van der Waals surface area contributed by atoms with Crippen molar-refractivity contribution in [2.24, 2.45) is 0 Å². The number of aryl methyl sites for hydroxylation is 1. The first-order valence-electron chi connectivity index (χ1n) is 12.6. The fraction of sp³-hybridized carbons (Fsp3) is 0.310. The predicted octanol–water partition coefficient (Wildman–Crippen LogP) is 5.29. The Morgan fingerprint density at radius 2 is 1.63 bits per heavy atom. The Morgan fingerprint density at radius 1 is 0.947 bits per heavy atom. The van der Waals surface area contributed by atoms with Gasteiger partial charge in [0.15, 0.2) is 0 Å². The minimum atomic E-state index is -4.08. The van der Waals surface area contributed by atoms with E-state index in [0.717, 1.165) is 21.9 Å². The van der Waals surface area contributed by atoms with Gasteiger partial charge < -0.3 is 10.2 Å². The Bertz CT molecular complexity index is 1350. The fourth-order valence-electron chi connectivity index (χ4n) is 4.14. The van der Waals surface area contributed by atoms with Crippen molar-refractivity contribution in [2.75, 3.05) is 17.4 Å². The zero-order valence-electron chi connectivity index (χ0n) is 21.9. The van der Waals surface area contributed by atoms with Crippen LogP contribution in [0.2, 0.25) is 0 Å². The third kappa shape index (κ3) is 7.23. The van der Waals surface area contributed by atoms with Crippen molar-refractivity contribution in [1.29, 1.82) is 0 Å². The van der Waals surface area contributed by atoms with E-state index in [9.17, 15) is 18.0 Å². The third-order valence-electron chi connectivity index (χ3n) is 6.24. The molecule has 9 heteroatoms. The van der Waals surface area contributed by atoms with Gasteiger partial charge in [-0.15, -0.1) is 0 Å². The minimum Gasteiger partial charge on any atom is -0.354 e. The maximum atomic E-state index is 14.0. The molecule has 7 nitrogen and oxygen atoms in total. The molecule has 0 heterocycles. The number of sulfonamides is 1. The van der Waals surface area contributed by atoms with Crippen molar-refractivity contribution in [2.45, 2.75) is 51.1 Å². The van der Waals surface area contributed by atoms with Gasteiger partial charge in [-0.3, -0.25) is 13.9 Å². The number of amides is 2. The molecule has 0 aliphatic rings. The topological polar surface area (TPSA) is 86.8 Å². The number of hydrogen-bond donors (Lipinski definition) is 1. The Hall–Kier alpha value is -3.17. The number of rotatable bonds is 12. The van der Waals surface area contributed by atoms with Crippen LogP contribution in [0, 0.1) is 6.92 Å². The molecule has 0 saturated heterocycles. The molecule has 2 amide bonds. The van der Waals surface area contributed by atoms with Crippen molar-refractivity contribution in [3.8, 4) is 0 Å². The zero-order chi connectivity index (χ0) is 27.7. The fourth-order valence-corrected chi connectivity index (χ4v) is 5.95. The second-order valence-electron chi connectivity index (χ2n) is 8.97. The molecule has 3 aromatic carbocycles. The van der Waals surface area contributed by atoms with Crippen LogP contribution in [0.4, 0.5) is 5.69 Å². The van der Waals surface area contributed by atoms with Crippen molar-refractivity contribution in [3.63, 3.8) is 0 Å². The smallest absolute Gasteiger partial charge is 0.264 e. The molecule has 0 aliphatic carbocycles. The molecule has 0 bridgehead atoms. The monoisotopic (exact) mass is 599 g/mol. The lowest BCUT2D eigenvalue weighted by atomic mass is 10.1. The number of carbonyl (C=O) groups is 2. The number of anilines is 1. The van der Waals surface area contributed by atoms with E-state index in [2.05, 4.69) is 21.2 Å². The third-order valence-corrected chi connectivity index (χ3v) is 8.52. The van der Waals surface area contributed by atoms with Gasteiger partial charge in [0, 0.05) is 17.6 Å². The van der Waals surface area contributed by atoms with E-state index < -0.39 is 28.5 Å². The summed E-state index contributed by atoms with van der Waals surface area (Å²) in [6.07, 6.45) is 1.15. The lowest BCUT2D eigenvalue weighted by Gasteiger charge is -2.33. The van der Waals surface area contributed by atoms with Crippen LogP contribution < -0.4 is 9.62 Å². The van der Waals surface area contributed by atoms with E-state index >= 15 is 0 Å². The highest BCUT2D eigenvalue weighted by molar-refractivity contribution is 9.10. The molecule has 0 saturated carbocycles. The maximum Gasteiger partial charge on any atom is 0.264 e. The highest BCUT2D eigenvalue weighted by Crippen LogP contribution is 2.27. The van der Waals surface area contributed by atoms with Crippen LogP contribution >= 0.6 is 15.9 Å². The zero-order valence-corrected chi connectivity index (χ0v) is 24.3. The normalized spacial score (nSPS) is 12.0. The van der Waals surface area contributed by atoms with Gasteiger partial charge in [-0.25, -0.2) is 8.42 Å². The standard InChI is InChI=1S/C29H34BrN3O4S/c1-4-18-31-29(35)27(5-2)32(20-23-13-10-9-12-22(23)3)28(34)21-33(25-15-11-14-24(30)19-25)38(36,37)26-16-7-6-8-17-26/h6-17,19,27H,4-5,18,20-21H2,1-3H3,(H,31,35). The van der Waals surface area contributed by atoms with Crippen LogP contribution in [-0.2, 0) is 26.2 Å². The Morgan fingerprint density at radius 3 is 2.26 bits per heavy atom. The van der Waals surface area contributed by atoms with Crippen molar-refractivity contribution < 1.29 is 18.0 Å². The number of carbonyl (C=O) groups excluding carboxylic acids is 2. The number of halogens is 1. The quantitative estimate of drug-likeness (QED) is 0.306. The highest BCUT2D eigenvalue weighted by Gasteiger charge is 2.33. The van der Waals surface area contributed by atoms with Crippen molar-refractivity contribution >= 4 is 43.5 Å². The summed E-state index contributed by atoms with van der Waals surface area (Å²) in [5.74, 6) is -0.720. The summed E-state index contributed by atoms with van der Waals surface area (Å²) in [7, 11) is -4.08. The molecule has 0 fully saturated rings. The Kier molecular flexibility index (Phi) is 10.5. The number of nitrogens with one attached hydrogen (secondary N) is 1. The summed E-state index contributed by atoms with van der Waals surface area (Å²) in [6.45, 7) is 5.97. The van der Waals surface area contributed by atoms with Crippen molar-refractivity contribution in [1.82, 2.24) is 10.2 Å². The van der Waals surface area contributed by atoms with E-state index in [4.69, 9.17) is 0 Å². The largest absolute Gasteiger partial charge is 0.354 e. The van der Waals surface area contributed by atoms with E-state index in [1.807, 2.05) is 45.0 Å². The van der Waals surface area contributed by atoms with E-state index in [-0.39, 0.29) is 17.3 Å². The molecule has 3 aromatic rings. The molecule has 0 spiro atoms. The molecular weight excluding hydrogens is 566 g/mol. The predicted molar refractivity (Wildman–Crippen MR) is 154 cm³/mol. The van der Waals surface area contributed by atoms with Gasteiger partial charge in [-0.2, -0.15) is 0 Å². The SMILES string of the molecule is CCCNC(=O)C(CC)N(Cc1ccccc1C)C(=O)CN(c1cccc(Br)c1)S(=O)(=O)c1ccccc1. The summed E-state index contributed by atoms with van der Waals surface area (Å²) in [4.78, 5) is 28.7. The van der Waals surface area contributed by atoms with Crippen LogP contribution in [0.1, 0.15) is 37.8 Å². The van der Waals surface area contributed by atoms with E-state index in [1.54, 1.807) is 42.5 Å². The number of hydrogen-bond acceptors (Lipinski definition) is 4. The van der Waals surface area contributed by atoms with Crippen LogP contribution in [0.5, 0.6) is 0 Å². The molecule has 202 valence electrons. The molecule has 0 aliphatic heterocycles. The van der Waals surface area contributed by atoms with E-state index in [1.165, 1.54) is 17.0 Å². The van der Waals surface area contributed by atoms with Gasteiger partial charge in [0.2, 0.25) is 11.8 Å².